The van der Waals surface area contributed by atoms with Gasteiger partial charge in [-0.25, -0.2) is 13.1 Å². The summed E-state index contributed by atoms with van der Waals surface area (Å²) in [5, 5.41) is 4.31. The van der Waals surface area contributed by atoms with Crippen LogP contribution in [0.3, 0.4) is 0 Å². The van der Waals surface area contributed by atoms with Crippen molar-refractivity contribution in [1.29, 1.82) is 0 Å². The van der Waals surface area contributed by atoms with E-state index in [2.05, 4.69) is 5.10 Å². The Kier molecular flexibility index (Phi) is 5.71. The molecular formula is C18H21N3O4S2. The molecule has 0 spiro atoms. The summed E-state index contributed by atoms with van der Waals surface area (Å²) < 4.78 is 24.4. The van der Waals surface area contributed by atoms with Crippen LogP contribution >= 0.6 is 11.8 Å². The van der Waals surface area contributed by atoms with Crippen molar-refractivity contribution in [2.24, 2.45) is 0 Å². The van der Waals surface area contributed by atoms with Crippen LogP contribution in [0.5, 0.6) is 0 Å². The molecule has 1 aromatic carbocycles. The number of benzene rings is 1. The van der Waals surface area contributed by atoms with Gasteiger partial charge in [-0.2, -0.15) is 5.10 Å². The molecule has 1 atom stereocenters. The molecule has 0 unspecified atom stereocenters. The summed E-state index contributed by atoms with van der Waals surface area (Å²) in [4.78, 5) is 27.2. The van der Waals surface area contributed by atoms with Gasteiger partial charge in [0.25, 0.3) is 5.56 Å². The van der Waals surface area contributed by atoms with Crippen molar-refractivity contribution >= 4 is 27.5 Å². The highest BCUT2D eigenvalue weighted by atomic mass is 32.2. The first-order chi connectivity index (χ1) is 12.8. The molecule has 0 N–H and O–H groups in total. The highest BCUT2D eigenvalue weighted by molar-refractivity contribution is 7.98. The fourth-order valence-electron chi connectivity index (χ4n) is 3.00. The molecule has 3 rings (SSSR count). The Bertz CT molecular complexity index is 1000. The molecule has 27 heavy (non-hydrogen) atoms. The quantitative estimate of drug-likeness (QED) is 0.694. The maximum Gasteiger partial charge on any atom is 0.267 e. The predicted molar refractivity (Wildman–Crippen MR) is 106 cm³/mol. The van der Waals surface area contributed by atoms with Crippen LogP contribution in [0.2, 0.25) is 0 Å². The third-order valence-corrected chi connectivity index (χ3v) is 7.18. The number of thioether (sulfide) groups is 1. The number of amides is 1. The summed E-state index contributed by atoms with van der Waals surface area (Å²) in [6.07, 6.45) is 2.42. The van der Waals surface area contributed by atoms with Gasteiger partial charge in [0.15, 0.2) is 9.84 Å². The van der Waals surface area contributed by atoms with E-state index in [1.165, 1.54) is 11.0 Å². The maximum absolute atomic E-state index is 12.5. The molecule has 0 radical (unpaired) electrons. The number of rotatable bonds is 5. The van der Waals surface area contributed by atoms with Gasteiger partial charge in [0.1, 0.15) is 6.54 Å². The van der Waals surface area contributed by atoms with Gasteiger partial charge in [0, 0.05) is 29.6 Å². The lowest BCUT2D eigenvalue weighted by molar-refractivity contribution is -0.132. The molecule has 7 nitrogen and oxygen atoms in total. The van der Waals surface area contributed by atoms with E-state index < -0.39 is 9.84 Å². The third kappa shape index (κ3) is 4.59. The molecule has 1 amide bonds. The van der Waals surface area contributed by atoms with Crippen molar-refractivity contribution in [2.75, 3.05) is 24.8 Å². The minimum absolute atomic E-state index is 0.0284. The minimum Gasteiger partial charge on any atom is -0.340 e. The first-order valence-electron chi connectivity index (χ1n) is 8.48. The van der Waals surface area contributed by atoms with Gasteiger partial charge in [0.2, 0.25) is 5.91 Å². The van der Waals surface area contributed by atoms with E-state index in [-0.39, 0.29) is 35.6 Å². The van der Waals surface area contributed by atoms with Crippen molar-refractivity contribution in [3.05, 3.63) is 46.8 Å². The number of hydrogen-bond donors (Lipinski definition) is 0. The van der Waals surface area contributed by atoms with Crippen LogP contribution in [0.15, 0.2) is 46.1 Å². The zero-order chi connectivity index (χ0) is 19.6. The summed E-state index contributed by atoms with van der Waals surface area (Å²) >= 11 is 1.63. The van der Waals surface area contributed by atoms with Gasteiger partial charge < -0.3 is 4.90 Å². The normalized spacial score (nSPS) is 18.4. The molecule has 1 aromatic heterocycles. The SMILES string of the molecule is CSc1ccc(-c2ccc(=O)n(CC(=O)N(C)[C@@H]3CCS(=O)(=O)C3)n2)cc1. The molecule has 9 heteroatoms. The minimum atomic E-state index is -3.08. The molecule has 1 saturated heterocycles. The van der Waals surface area contributed by atoms with Crippen molar-refractivity contribution in [1.82, 2.24) is 14.7 Å². The first-order valence-corrected chi connectivity index (χ1v) is 11.5. The van der Waals surface area contributed by atoms with Crippen molar-refractivity contribution < 1.29 is 13.2 Å². The molecular weight excluding hydrogens is 386 g/mol. The Morgan fingerprint density at radius 2 is 1.96 bits per heavy atom. The second kappa shape index (κ2) is 7.85. The Morgan fingerprint density at radius 1 is 1.26 bits per heavy atom. The smallest absolute Gasteiger partial charge is 0.267 e. The zero-order valence-electron chi connectivity index (χ0n) is 15.2. The number of likely N-dealkylation sites (N-methyl/N-ethyl adjacent to an activating group) is 1. The van der Waals surface area contributed by atoms with Crippen LogP contribution in [0.25, 0.3) is 11.3 Å². The summed E-state index contributed by atoms with van der Waals surface area (Å²) in [5.41, 5.74) is 1.07. The van der Waals surface area contributed by atoms with Gasteiger partial charge in [0.05, 0.1) is 17.2 Å². The van der Waals surface area contributed by atoms with Gasteiger partial charge in [-0.3, -0.25) is 9.59 Å². The molecule has 0 aliphatic carbocycles. The van der Waals surface area contributed by atoms with Crippen LogP contribution in [-0.2, 0) is 21.2 Å². The summed E-state index contributed by atoms with van der Waals surface area (Å²) in [6.45, 7) is -0.220. The Balaban J connectivity index is 1.78. The molecule has 1 aliphatic heterocycles. The standard InChI is InChI=1S/C18H21N3O4S2/c1-20(14-9-10-27(24,25)12-14)18(23)11-21-17(22)8-7-16(19-21)13-3-5-15(26-2)6-4-13/h3-8,14H,9-12H2,1-2H3/t14-/m1/s1. The van der Waals surface area contributed by atoms with Gasteiger partial charge in [-0.15, -0.1) is 11.8 Å². The van der Waals surface area contributed by atoms with Crippen molar-refractivity contribution in [2.45, 2.75) is 23.9 Å². The monoisotopic (exact) mass is 407 g/mol. The first kappa shape index (κ1) is 19.6. The van der Waals surface area contributed by atoms with E-state index in [9.17, 15) is 18.0 Å². The van der Waals surface area contributed by atoms with Crippen LogP contribution in [0.4, 0.5) is 0 Å². The summed E-state index contributed by atoms with van der Waals surface area (Å²) in [5.74, 6) is -0.268. The third-order valence-electron chi connectivity index (χ3n) is 4.69. The topological polar surface area (TPSA) is 89.3 Å². The number of carbonyl (C=O) groups is 1. The zero-order valence-corrected chi connectivity index (χ0v) is 16.8. The number of aromatic nitrogens is 2. The van der Waals surface area contributed by atoms with Gasteiger partial charge >= 0.3 is 0 Å². The van der Waals surface area contributed by atoms with E-state index in [4.69, 9.17) is 0 Å². The number of hydrogen-bond acceptors (Lipinski definition) is 6. The molecule has 144 valence electrons. The largest absolute Gasteiger partial charge is 0.340 e. The Labute approximate surface area is 162 Å². The van der Waals surface area contributed by atoms with Gasteiger partial charge in [-0.05, 0) is 30.9 Å². The number of sulfone groups is 1. The van der Waals surface area contributed by atoms with Crippen LogP contribution < -0.4 is 5.56 Å². The average Bonchev–Trinajstić information content (AvgIpc) is 3.02. The lowest BCUT2D eigenvalue weighted by Crippen LogP contribution is -2.41. The number of carbonyl (C=O) groups excluding carboxylic acids is 1. The van der Waals surface area contributed by atoms with E-state index in [0.717, 1.165) is 15.1 Å². The van der Waals surface area contributed by atoms with E-state index in [0.29, 0.717) is 12.1 Å². The second-order valence-corrected chi connectivity index (χ2v) is 9.61. The molecule has 1 fully saturated rings. The summed E-state index contributed by atoms with van der Waals surface area (Å²) in [6, 6.07) is 10.4. The summed E-state index contributed by atoms with van der Waals surface area (Å²) in [7, 11) is -1.51. The highest BCUT2D eigenvalue weighted by Crippen LogP contribution is 2.21. The van der Waals surface area contributed by atoms with Crippen LogP contribution in [0, 0.1) is 0 Å². The van der Waals surface area contributed by atoms with Crippen molar-refractivity contribution in [3.63, 3.8) is 0 Å². The number of nitrogens with zero attached hydrogens (tertiary/aromatic N) is 3. The lowest BCUT2D eigenvalue weighted by atomic mass is 10.1. The average molecular weight is 408 g/mol. The fourth-order valence-corrected chi connectivity index (χ4v) is 5.18. The molecule has 0 bridgehead atoms. The van der Waals surface area contributed by atoms with E-state index in [1.54, 1.807) is 24.9 Å². The fraction of sp³-hybridized carbons (Fsp3) is 0.389. The van der Waals surface area contributed by atoms with Crippen molar-refractivity contribution in [3.8, 4) is 11.3 Å². The predicted octanol–water partition coefficient (Wildman–Crippen LogP) is 1.28. The molecule has 2 aromatic rings. The van der Waals surface area contributed by atoms with E-state index in [1.807, 2.05) is 30.5 Å². The van der Waals surface area contributed by atoms with Crippen LogP contribution in [0.1, 0.15) is 6.42 Å². The second-order valence-electron chi connectivity index (χ2n) is 6.50. The molecule has 1 aliphatic rings. The maximum atomic E-state index is 12.5. The Morgan fingerprint density at radius 3 is 2.56 bits per heavy atom. The van der Waals surface area contributed by atoms with Crippen LogP contribution in [-0.4, -0.2) is 59.9 Å². The molecule has 2 heterocycles. The van der Waals surface area contributed by atoms with E-state index >= 15 is 0 Å². The lowest BCUT2D eigenvalue weighted by Gasteiger charge is -2.23. The highest BCUT2D eigenvalue weighted by Gasteiger charge is 2.32. The Hall–Kier alpha value is -2.13. The molecule has 0 saturated carbocycles. The van der Waals surface area contributed by atoms with Gasteiger partial charge in [-0.1, -0.05) is 12.1 Å².